The first-order chi connectivity index (χ1) is 9.87. The third-order valence-corrected chi connectivity index (χ3v) is 4.56. The Kier molecular flexibility index (Phi) is 3.53. The van der Waals surface area contributed by atoms with E-state index >= 15 is 0 Å². The van der Waals surface area contributed by atoms with Crippen molar-refractivity contribution in [3.05, 3.63) is 24.7 Å². The molecule has 0 spiro atoms. The smallest absolute Gasteiger partial charge is 0.399 e. The SMILES string of the molecule is CC1(C)OB(c2cnn(CC3C=CN=CC3)c2)OC1(C)C. The Labute approximate surface area is 126 Å². The molecule has 1 saturated heterocycles. The summed E-state index contributed by atoms with van der Waals surface area (Å²) in [6.45, 7) is 9.09. The number of nitrogens with zero attached hydrogens (tertiary/aromatic N) is 3. The van der Waals surface area contributed by atoms with E-state index in [1.165, 1.54) is 0 Å². The van der Waals surface area contributed by atoms with Crippen LogP contribution in [0.3, 0.4) is 0 Å². The minimum atomic E-state index is -0.341. The molecule has 112 valence electrons. The molecule has 1 atom stereocenters. The van der Waals surface area contributed by atoms with Gasteiger partial charge in [0.15, 0.2) is 0 Å². The highest BCUT2D eigenvalue weighted by Gasteiger charge is 2.52. The van der Waals surface area contributed by atoms with Gasteiger partial charge in [-0.1, -0.05) is 6.08 Å². The largest absolute Gasteiger partial charge is 0.498 e. The maximum absolute atomic E-state index is 6.04. The second-order valence-electron chi connectivity index (χ2n) is 6.75. The van der Waals surface area contributed by atoms with Crippen molar-refractivity contribution in [2.75, 3.05) is 0 Å². The van der Waals surface area contributed by atoms with Gasteiger partial charge in [0.25, 0.3) is 0 Å². The number of aromatic nitrogens is 2. The van der Waals surface area contributed by atoms with Crippen molar-refractivity contribution in [3.8, 4) is 0 Å². The Balaban J connectivity index is 1.68. The van der Waals surface area contributed by atoms with Gasteiger partial charge in [-0.3, -0.25) is 9.67 Å². The molecule has 0 radical (unpaired) electrons. The number of allylic oxidation sites excluding steroid dienone is 1. The maximum Gasteiger partial charge on any atom is 0.498 e. The van der Waals surface area contributed by atoms with Gasteiger partial charge in [-0.05, 0) is 34.1 Å². The van der Waals surface area contributed by atoms with Crippen LogP contribution in [0.4, 0.5) is 0 Å². The molecular formula is C15H22BN3O2. The number of hydrogen-bond donors (Lipinski definition) is 0. The van der Waals surface area contributed by atoms with E-state index in [1.54, 1.807) is 0 Å². The van der Waals surface area contributed by atoms with Crippen LogP contribution in [0, 0.1) is 5.92 Å². The van der Waals surface area contributed by atoms with Crippen molar-refractivity contribution >= 4 is 18.8 Å². The summed E-state index contributed by atoms with van der Waals surface area (Å²) in [6.07, 6.45) is 10.7. The number of rotatable bonds is 3. The summed E-state index contributed by atoms with van der Waals surface area (Å²) in [5.41, 5.74) is 0.340. The first-order valence-electron chi connectivity index (χ1n) is 7.44. The first-order valence-corrected chi connectivity index (χ1v) is 7.44. The quantitative estimate of drug-likeness (QED) is 0.796. The van der Waals surface area contributed by atoms with E-state index in [4.69, 9.17) is 9.31 Å². The van der Waals surface area contributed by atoms with Crippen LogP contribution < -0.4 is 5.46 Å². The maximum atomic E-state index is 6.04. The Bertz CT molecular complexity index is 561. The summed E-state index contributed by atoms with van der Waals surface area (Å²) in [6, 6.07) is 0. The molecule has 0 aromatic carbocycles. The van der Waals surface area contributed by atoms with Gasteiger partial charge in [-0.2, -0.15) is 5.10 Å². The van der Waals surface area contributed by atoms with Crippen LogP contribution in [0.25, 0.3) is 0 Å². The molecule has 5 nitrogen and oxygen atoms in total. The normalized spacial score (nSPS) is 26.5. The third-order valence-electron chi connectivity index (χ3n) is 4.56. The van der Waals surface area contributed by atoms with E-state index in [1.807, 2.05) is 29.5 Å². The molecule has 0 amide bonds. The van der Waals surface area contributed by atoms with Crippen LogP contribution in [0.1, 0.15) is 34.1 Å². The molecule has 0 N–H and O–H groups in total. The Morgan fingerprint density at radius 2 is 2.00 bits per heavy atom. The van der Waals surface area contributed by atoms with E-state index < -0.39 is 0 Å². The van der Waals surface area contributed by atoms with E-state index in [0.717, 1.165) is 18.4 Å². The highest BCUT2D eigenvalue weighted by molar-refractivity contribution is 6.61. The van der Waals surface area contributed by atoms with Crippen LogP contribution in [-0.4, -0.2) is 34.3 Å². The van der Waals surface area contributed by atoms with Gasteiger partial charge in [-0.25, -0.2) is 0 Å². The molecule has 3 rings (SSSR count). The lowest BCUT2D eigenvalue weighted by Crippen LogP contribution is -2.41. The molecule has 1 aromatic heterocycles. The topological polar surface area (TPSA) is 48.6 Å². The molecule has 1 unspecified atom stereocenters. The second-order valence-corrected chi connectivity index (χ2v) is 6.75. The fourth-order valence-electron chi connectivity index (χ4n) is 2.46. The summed E-state index contributed by atoms with van der Waals surface area (Å²) in [4.78, 5) is 4.09. The predicted octanol–water partition coefficient (Wildman–Crippen LogP) is 1.79. The van der Waals surface area contributed by atoms with E-state index in [2.05, 4.69) is 43.9 Å². The molecule has 1 aromatic rings. The minimum Gasteiger partial charge on any atom is -0.399 e. The molecule has 2 aliphatic heterocycles. The lowest BCUT2D eigenvalue weighted by Gasteiger charge is -2.32. The van der Waals surface area contributed by atoms with Crippen LogP contribution in [0.2, 0.25) is 0 Å². The molecule has 6 heteroatoms. The second kappa shape index (κ2) is 5.11. The fourth-order valence-corrected chi connectivity index (χ4v) is 2.46. The zero-order chi connectivity index (χ0) is 15.1. The van der Waals surface area contributed by atoms with Gasteiger partial charge in [-0.15, -0.1) is 0 Å². The fraction of sp³-hybridized carbons (Fsp3) is 0.600. The summed E-state index contributed by atoms with van der Waals surface area (Å²) in [5.74, 6) is 0.452. The zero-order valence-electron chi connectivity index (χ0n) is 13.1. The Morgan fingerprint density at radius 3 is 2.62 bits per heavy atom. The Morgan fingerprint density at radius 1 is 1.29 bits per heavy atom. The van der Waals surface area contributed by atoms with E-state index in [-0.39, 0.29) is 18.3 Å². The molecule has 0 bridgehead atoms. The predicted molar refractivity (Wildman–Crippen MR) is 83.7 cm³/mol. The van der Waals surface area contributed by atoms with E-state index in [0.29, 0.717) is 5.92 Å². The van der Waals surface area contributed by atoms with Gasteiger partial charge in [0.1, 0.15) is 0 Å². The summed E-state index contributed by atoms with van der Waals surface area (Å²) >= 11 is 0. The summed E-state index contributed by atoms with van der Waals surface area (Å²) in [5, 5.41) is 4.43. The average Bonchev–Trinajstić information content (AvgIpc) is 2.94. The van der Waals surface area contributed by atoms with Crippen LogP contribution in [-0.2, 0) is 15.9 Å². The average molecular weight is 287 g/mol. The van der Waals surface area contributed by atoms with Crippen molar-refractivity contribution in [3.63, 3.8) is 0 Å². The van der Waals surface area contributed by atoms with Crippen LogP contribution in [0.15, 0.2) is 29.7 Å². The van der Waals surface area contributed by atoms with Crippen molar-refractivity contribution in [2.45, 2.75) is 51.9 Å². The highest BCUT2D eigenvalue weighted by atomic mass is 16.7. The van der Waals surface area contributed by atoms with Gasteiger partial charge in [0.2, 0.25) is 0 Å². The molecule has 3 heterocycles. The lowest BCUT2D eigenvalue weighted by molar-refractivity contribution is 0.00578. The van der Waals surface area contributed by atoms with Crippen molar-refractivity contribution in [2.24, 2.45) is 10.9 Å². The first kappa shape index (κ1) is 14.5. The van der Waals surface area contributed by atoms with Crippen molar-refractivity contribution in [1.82, 2.24) is 9.78 Å². The van der Waals surface area contributed by atoms with Crippen LogP contribution in [0.5, 0.6) is 0 Å². The third kappa shape index (κ3) is 2.83. The zero-order valence-corrected chi connectivity index (χ0v) is 13.1. The van der Waals surface area contributed by atoms with Gasteiger partial charge in [0.05, 0.1) is 11.2 Å². The molecular weight excluding hydrogens is 265 g/mol. The van der Waals surface area contributed by atoms with Gasteiger partial charge < -0.3 is 9.31 Å². The monoisotopic (exact) mass is 287 g/mol. The van der Waals surface area contributed by atoms with Crippen LogP contribution >= 0.6 is 0 Å². The molecule has 0 aliphatic carbocycles. The van der Waals surface area contributed by atoms with Gasteiger partial charge in [0, 0.05) is 42.7 Å². The minimum absolute atomic E-state index is 0.317. The van der Waals surface area contributed by atoms with Gasteiger partial charge >= 0.3 is 7.12 Å². The van der Waals surface area contributed by atoms with E-state index in [9.17, 15) is 0 Å². The lowest BCUT2D eigenvalue weighted by atomic mass is 9.82. The standard InChI is InChI=1S/C15H22BN3O2/c1-14(2)15(3,4)21-16(20-14)13-9-18-19(11-13)10-12-5-7-17-8-6-12/h5,7-9,11-12H,6,10H2,1-4H3. The molecule has 21 heavy (non-hydrogen) atoms. The number of aliphatic imine (C=N–C) groups is 1. The number of hydrogen-bond acceptors (Lipinski definition) is 4. The highest BCUT2D eigenvalue weighted by Crippen LogP contribution is 2.36. The molecule has 1 fully saturated rings. The summed E-state index contributed by atoms with van der Waals surface area (Å²) < 4.78 is 14.0. The molecule has 2 aliphatic rings. The molecule has 0 saturated carbocycles. The van der Waals surface area contributed by atoms with Crippen molar-refractivity contribution in [1.29, 1.82) is 0 Å². The van der Waals surface area contributed by atoms with Crippen molar-refractivity contribution < 1.29 is 9.31 Å². The Hall–Kier alpha value is -1.40. The summed E-state index contributed by atoms with van der Waals surface area (Å²) in [7, 11) is -0.341.